The number of nitrogens with zero attached hydrogens (tertiary/aromatic N) is 1. The molecular weight excluding hydrogens is 354 g/mol. The van der Waals surface area contributed by atoms with E-state index in [0.29, 0.717) is 23.9 Å². The number of hydrazone groups is 1. The van der Waals surface area contributed by atoms with Gasteiger partial charge in [0, 0.05) is 11.6 Å². The van der Waals surface area contributed by atoms with Crippen molar-refractivity contribution < 1.29 is 14.3 Å². The van der Waals surface area contributed by atoms with Crippen molar-refractivity contribution in [1.29, 1.82) is 0 Å². The van der Waals surface area contributed by atoms with Crippen LogP contribution in [0.1, 0.15) is 24.5 Å². The Morgan fingerprint density at radius 1 is 1.08 bits per heavy atom. The minimum atomic E-state index is -0.794. The van der Waals surface area contributed by atoms with E-state index in [4.69, 9.17) is 16.3 Å². The average molecular weight is 374 g/mol. The third kappa shape index (κ3) is 6.57. The molecule has 2 aromatic rings. The van der Waals surface area contributed by atoms with Crippen LogP contribution in [0.15, 0.2) is 53.6 Å². The number of amides is 2. The zero-order valence-electron chi connectivity index (χ0n) is 14.4. The van der Waals surface area contributed by atoms with E-state index in [1.165, 1.54) is 6.21 Å². The third-order valence-corrected chi connectivity index (χ3v) is 3.57. The van der Waals surface area contributed by atoms with Crippen LogP contribution in [0, 0.1) is 0 Å². The highest BCUT2D eigenvalue weighted by molar-refractivity contribution is 6.35. The van der Waals surface area contributed by atoms with Gasteiger partial charge in [0.15, 0.2) is 0 Å². The predicted molar refractivity (Wildman–Crippen MR) is 101 cm³/mol. The Labute approximate surface area is 157 Å². The lowest BCUT2D eigenvalue weighted by molar-refractivity contribution is -0.139. The molecule has 136 valence electrons. The molecule has 6 nitrogen and oxygen atoms in total. The van der Waals surface area contributed by atoms with Gasteiger partial charge < -0.3 is 10.1 Å². The lowest BCUT2D eigenvalue weighted by Crippen LogP contribution is -2.38. The SMILES string of the molecule is CCCNC(=O)C(=O)N/N=C\c1ccc(OCc2ccc(Cl)cc2)cc1. The second kappa shape index (κ2) is 10.2. The molecule has 0 spiro atoms. The van der Waals surface area contributed by atoms with Crippen LogP contribution < -0.4 is 15.5 Å². The van der Waals surface area contributed by atoms with Crippen molar-refractivity contribution in [2.24, 2.45) is 5.10 Å². The molecule has 0 saturated carbocycles. The number of ether oxygens (including phenoxy) is 1. The number of halogens is 1. The lowest BCUT2D eigenvalue weighted by Gasteiger charge is -2.06. The van der Waals surface area contributed by atoms with Gasteiger partial charge in [-0.1, -0.05) is 30.7 Å². The van der Waals surface area contributed by atoms with E-state index in [1.54, 1.807) is 24.3 Å². The van der Waals surface area contributed by atoms with Crippen LogP contribution in [0.3, 0.4) is 0 Å². The number of carbonyl (C=O) groups excluding carboxylic acids is 2. The first-order chi connectivity index (χ1) is 12.6. The molecule has 0 aliphatic heterocycles. The maximum Gasteiger partial charge on any atom is 0.329 e. The summed E-state index contributed by atoms with van der Waals surface area (Å²) in [5.41, 5.74) is 3.96. The number of hydrogen-bond acceptors (Lipinski definition) is 4. The number of nitrogens with one attached hydrogen (secondary N) is 2. The topological polar surface area (TPSA) is 79.8 Å². The summed E-state index contributed by atoms with van der Waals surface area (Å²) < 4.78 is 5.69. The molecule has 0 aliphatic carbocycles. The van der Waals surface area contributed by atoms with Gasteiger partial charge >= 0.3 is 11.8 Å². The first-order valence-electron chi connectivity index (χ1n) is 8.17. The first kappa shape index (κ1) is 19.5. The van der Waals surface area contributed by atoms with Gasteiger partial charge in [-0.2, -0.15) is 5.10 Å². The molecule has 2 N–H and O–H groups in total. The second-order valence-electron chi connectivity index (χ2n) is 5.44. The Hall–Kier alpha value is -2.86. The van der Waals surface area contributed by atoms with Crippen molar-refractivity contribution in [3.05, 3.63) is 64.7 Å². The molecule has 7 heteroatoms. The van der Waals surface area contributed by atoms with E-state index < -0.39 is 11.8 Å². The van der Waals surface area contributed by atoms with Gasteiger partial charge in [0.2, 0.25) is 0 Å². The molecule has 0 saturated heterocycles. The molecule has 26 heavy (non-hydrogen) atoms. The molecule has 0 atom stereocenters. The number of hydrogen-bond donors (Lipinski definition) is 2. The van der Waals surface area contributed by atoms with Crippen molar-refractivity contribution in [3.63, 3.8) is 0 Å². The summed E-state index contributed by atoms with van der Waals surface area (Å²) in [6, 6.07) is 14.6. The minimum absolute atomic E-state index is 0.438. The normalized spacial score (nSPS) is 10.5. The van der Waals surface area contributed by atoms with Crippen molar-refractivity contribution in [2.45, 2.75) is 20.0 Å². The minimum Gasteiger partial charge on any atom is -0.489 e. The summed E-state index contributed by atoms with van der Waals surface area (Å²) in [6.07, 6.45) is 2.21. The molecule has 0 heterocycles. The van der Waals surface area contributed by atoms with Crippen molar-refractivity contribution in [2.75, 3.05) is 6.54 Å². The molecular formula is C19H20ClN3O3. The summed E-state index contributed by atoms with van der Waals surface area (Å²) in [4.78, 5) is 22.8. The Bertz CT molecular complexity index is 759. The standard InChI is InChI=1S/C19H20ClN3O3/c1-2-11-21-18(24)19(25)23-22-12-14-5-9-17(10-6-14)26-13-15-3-7-16(20)8-4-15/h3-10,12H,2,11,13H2,1H3,(H,21,24)(H,23,25)/b22-12-. The molecule has 0 bridgehead atoms. The van der Waals surface area contributed by atoms with Gasteiger partial charge in [-0.3, -0.25) is 9.59 Å². The van der Waals surface area contributed by atoms with Gasteiger partial charge in [-0.15, -0.1) is 0 Å². The average Bonchev–Trinajstić information content (AvgIpc) is 2.66. The molecule has 0 aliphatic rings. The smallest absolute Gasteiger partial charge is 0.329 e. The maximum absolute atomic E-state index is 11.5. The van der Waals surface area contributed by atoms with E-state index in [2.05, 4.69) is 15.8 Å². The number of rotatable bonds is 7. The number of benzene rings is 2. The highest BCUT2D eigenvalue weighted by Crippen LogP contribution is 2.15. The Kier molecular flexibility index (Phi) is 7.64. The monoisotopic (exact) mass is 373 g/mol. The van der Waals surface area contributed by atoms with E-state index in [-0.39, 0.29) is 0 Å². The van der Waals surface area contributed by atoms with Crippen LogP contribution >= 0.6 is 11.6 Å². The molecule has 0 radical (unpaired) electrons. The third-order valence-electron chi connectivity index (χ3n) is 3.32. The van der Waals surface area contributed by atoms with E-state index in [1.807, 2.05) is 31.2 Å². The van der Waals surface area contributed by atoms with Crippen molar-refractivity contribution in [3.8, 4) is 5.75 Å². The van der Waals surface area contributed by atoms with Gasteiger partial charge in [-0.25, -0.2) is 5.43 Å². The Morgan fingerprint density at radius 3 is 2.42 bits per heavy atom. The first-order valence-corrected chi connectivity index (χ1v) is 8.55. The predicted octanol–water partition coefficient (Wildman–Crippen LogP) is 2.90. The van der Waals surface area contributed by atoms with E-state index in [0.717, 1.165) is 17.5 Å². The van der Waals surface area contributed by atoms with Crippen LogP contribution in [0.5, 0.6) is 5.75 Å². The summed E-state index contributed by atoms with van der Waals surface area (Å²) in [6.45, 7) is 2.79. The largest absolute Gasteiger partial charge is 0.489 e. The number of carbonyl (C=O) groups is 2. The van der Waals surface area contributed by atoms with E-state index in [9.17, 15) is 9.59 Å². The molecule has 0 aromatic heterocycles. The van der Waals surface area contributed by atoms with Gasteiger partial charge in [0.05, 0.1) is 6.21 Å². The van der Waals surface area contributed by atoms with Crippen molar-refractivity contribution >= 4 is 29.6 Å². The zero-order chi connectivity index (χ0) is 18.8. The molecule has 2 aromatic carbocycles. The second-order valence-corrected chi connectivity index (χ2v) is 5.88. The fourth-order valence-electron chi connectivity index (χ4n) is 1.93. The molecule has 2 rings (SSSR count). The summed E-state index contributed by atoms with van der Waals surface area (Å²) in [7, 11) is 0. The summed E-state index contributed by atoms with van der Waals surface area (Å²) >= 11 is 5.85. The van der Waals surface area contributed by atoms with E-state index >= 15 is 0 Å². The fraction of sp³-hybridized carbons (Fsp3) is 0.211. The van der Waals surface area contributed by atoms with Crippen LogP contribution in [-0.2, 0) is 16.2 Å². The summed E-state index contributed by atoms with van der Waals surface area (Å²) in [5, 5.41) is 6.92. The van der Waals surface area contributed by atoms with Crippen molar-refractivity contribution in [1.82, 2.24) is 10.7 Å². The van der Waals surface area contributed by atoms with Crippen LogP contribution in [0.2, 0.25) is 5.02 Å². The zero-order valence-corrected chi connectivity index (χ0v) is 15.1. The molecule has 0 unspecified atom stereocenters. The van der Waals surface area contributed by atoms with Crippen LogP contribution in [0.25, 0.3) is 0 Å². The Morgan fingerprint density at radius 2 is 1.77 bits per heavy atom. The van der Waals surface area contributed by atoms with Crippen LogP contribution in [-0.4, -0.2) is 24.6 Å². The highest BCUT2D eigenvalue weighted by Gasteiger charge is 2.10. The molecule has 2 amide bonds. The summed E-state index contributed by atoms with van der Waals surface area (Å²) in [5.74, 6) is -0.785. The Balaban J connectivity index is 1.80. The maximum atomic E-state index is 11.5. The van der Waals surface area contributed by atoms with Gasteiger partial charge in [-0.05, 0) is 53.9 Å². The molecule has 0 fully saturated rings. The quantitative estimate of drug-likeness (QED) is 0.445. The van der Waals surface area contributed by atoms with Gasteiger partial charge in [0.1, 0.15) is 12.4 Å². The lowest BCUT2D eigenvalue weighted by atomic mass is 10.2. The highest BCUT2D eigenvalue weighted by atomic mass is 35.5. The van der Waals surface area contributed by atoms with Gasteiger partial charge in [0.25, 0.3) is 0 Å². The van der Waals surface area contributed by atoms with Crippen LogP contribution in [0.4, 0.5) is 0 Å². The fourth-order valence-corrected chi connectivity index (χ4v) is 2.06.